The van der Waals surface area contributed by atoms with Crippen LogP contribution in [0.15, 0.2) is 10.9 Å². The average Bonchev–Trinajstić information content (AvgIpc) is 2.70. The van der Waals surface area contributed by atoms with Gasteiger partial charge in [-0.1, -0.05) is 0 Å². The molecular weight excluding hydrogens is 262 g/mol. The number of nitrogens with zero attached hydrogens (tertiary/aromatic N) is 3. The third-order valence-corrected chi connectivity index (χ3v) is 3.50. The maximum atomic E-state index is 11.8. The summed E-state index contributed by atoms with van der Waals surface area (Å²) in [5.41, 5.74) is 1.10. The van der Waals surface area contributed by atoms with Gasteiger partial charge >= 0.3 is 11.7 Å². The Morgan fingerprint density at radius 2 is 2.10 bits per heavy atom. The van der Waals surface area contributed by atoms with Crippen molar-refractivity contribution in [2.75, 3.05) is 13.1 Å². The van der Waals surface area contributed by atoms with E-state index in [-0.39, 0.29) is 24.6 Å². The van der Waals surface area contributed by atoms with Gasteiger partial charge in [-0.3, -0.25) is 14.2 Å². The van der Waals surface area contributed by atoms with Gasteiger partial charge in [0, 0.05) is 37.4 Å². The van der Waals surface area contributed by atoms with Crippen molar-refractivity contribution in [1.29, 1.82) is 0 Å². The van der Waals surface area contributed by atoms with Crippen molar-refractivity contribution in [3.63, 3.8) is 0 Å². The minimum absolute atomic E-state index is 0.0371. The number of carboxylic acids is 1. The number of aromatic nitrogens is 2. The van der Waals surface area contributed by atoms with Gasteiger partial charge < -0.3 is 10.0 Å². The summed E-state index contributed by atoms with van der Waals surface area (Å²) in [6.07, 6.45) is 0.0371. The molecule has 0 spiro atoms. The van der Waals surface area contributed by atoms with Gasteiger partial charge in [0.1, 0.15) is 0 Å². The largest absolute Gasteiger partial charge is 0.481 e. The van der Waals surface area contributed by atoms with Gasteiger partial charge in [-0.05, 0) is 19.9 Å². The van der Waals surface area contributed by atoms with Gasteiger partial charge in [0.2, 0.25) is 5.91 Å². The van der Waals surface area contributed by atoms with E-state index in [1.165, 1.54) is 9.47 Å². The minimum Gasteiger partial charge on any atom is -0.481 e. The molecule has 0 radical (unpaired) electrons. The van der Waals surface area contributed by atoms with E-state index in [4.69, 9.17) is 5.11 Å². The lowest BCUT2D eigenvalue weighted by molar-refractivity contribution is -0.141. The normalized spacial score (nSPS) is 18.6. The first kappa shape index (κ1) is 14.2. The molecule has 1 N–H and O–H groups in total. The lowest BCUT2D eigenvalue weighted by Gasteiger charge is -2.17. The third kappa shape index (κ3) is 2.87. The number of aryl methyl sites for hydroxylation is 2. The predicted octanol–water partition coefficient (Wildman–Crippen LogP) is -0.207. The Labute approximate surface area is 115 Å². The highest BCUT2D eigenvalue weighted by Gasteiger charge is 2.33. The quantitative estimate of drug-likeness (QED) is 0.823. The van der Waals surface area contributed by atoms with E-state index in [1.807, 2.05) is 6.92 Å². The molecule has 1 fully saturated rings. The van der Waals surface area contributed by atoms with Crippen LogP contribution in [0.25, 0.3) is 0 Å². The van der Waals surface area contributed by atoms with Crippen LogP contribution in [0.2, 0.25) is 0 Å². The number of rotatable bonds is 4. The summed E-state index contributed by atoms with van der Waals surface area (Å²) >= 11 is 0. The number of likely N-dealkylation sites (tertiary alicyclic amines) is 1. The molecule has 2 rings (SSSR count). The minimum atomic E-state index is -0.953. The fourth-order valence-electron chi connectivity index (χ4n) is 2.42. The van der Waals surface area contributed by atoms with Gasteiger partial charge in [0.25, 0.3) is 0 Å². The summed E-state index contributed by atoms with van der Waals surface area (Å²) in [4.78, 5) is 39.7. The number of carbonyl (C=O) groups is 2. The summed E-state index contributed by atoms with van der Waals surface area (Å²) in [6.45, 7) is 4.42. The van der Waals surface area contributed by atoms with Crippen molar-refractivity contribution in [1.82, 2.24) is 14.5 Å². The number of carbonyl (C=O) groups excluding carboxylic acids is 1. The van der Waals surface area contributed by atoms with E-state index in [1.54, 1.807) is 13.0 Å². The molecule has 2 heterocycles. The average molecular weight is 279 g/mol. The second-order valence-electron chi connectivity index (χ2n) is 5.05. The van der Waals surface area contributed by atoms with Crippen LogP contribution in [-0.2, 0) is 16.1 Å². The molecule has 1 aromatic heterocycles. The Morgan fingerprint density at radius 3 is 2.65 bits per heavy atom. The molecule has 1 saturated heterocycles. The molecular formula is C13H17N3O4. The van der Waals surface area contributed by atoms with Crippen LogP contribution in [-0.4, -0.2) is 44.5 Å². The van der Waals surface area contributed by atoms with Crippen LogP contribution in [0.5, 0.6) is 0 Å². The fourth-order valence-corrected chi connectivity index (χ4v) is 2.42. The zero-order chi connectivity index (χ0) is 14.9. The molecule has 1 aliphatic heterocycles. The lowest BCUT2D eigenvalue weighted by atomic mass is 10.1. The highest BCUT2D eigenvalue weighted by atomic mass is 16.4. The van der Waals surface area contributed by atoms with Crippen molar-refractivity contribution in [2.45, 2.75) is 26.8 Å². The van der Waals surface area contributed by atoms with Gasteiger partial charge in [-0.15, -0.1) is 0 Å². The van der Waals surface area contributed by atoms with Crippen molar-refractivity contribution in [2.24, 2.45) is 5.92 Å². The van der Waals surface area contributed by atoms with Gasteiger partial charge in [0.05, 0.1) is 5.92 Å². The lowest BCUT2D eigenvalue weighted by Crippen LogP contribution is -2.34. The van der Waals surface area contributed by atoms with E-state index in [0.717, 1.165) is 5.69 Å². The molecule has 0 aliphatic carbocycles. The van der Waals surface area contributed by atoms with Crippen LogP contribution in [0, 0.1) is 19.8 Å². The zero-order valence-electron chi connectivity index (χ0n) is 11.5. The molecule has 0 aromatic carbocycles. The molecule has 0 saturated carbocycles. The van der Waals surface area contributed by atoms with Gasteiger partial charge in [-0.25, -0.2) is 4.79 Å². The fraction of sp³-hybridized carbons (Fsp3) is 0.538. The molecule has 1 aromatic rings. The molecule has 1 aliphatic rings. The standard InChI is InChI=1S/C13H17N3O4/c1-8-5-9(2)16(13(20)14-8)4-3-15-7-10(12(18)19)6-11(15)17/h5,10H,3-4,6-7H2,1-2H3,(H,18,19)/t10-/m0/s1. The first-order chi connectivity index (χ1) is 9.38. The van der Waals surface area contributed by atoms with E-state index in [9.17, 15) is 14.4 Å². The monoisotopic (exact) mass is 279 g/mol. The smallest absolute Gasteiger partial charge is 0.348 e. The number of hydrogen-bond acceptors (Lipinski definition) is 4. The van der Waals surface area contributed by atoms with Crippen molar-refractivity contribution in [3.05, 3.63) is 27.9 Å². The summed E-state index contributed by atoms with van der Waals surface area (Å²) in [5.74, 6) is -1.77. The van der Waals surface area contributed by atoms with Crippen LogP contribution in [0.3, 0.4) is 0 Å². The van der Waals surface area contributed by atoms with Crippen molar-refractivity contribution in [3.8, 4) is 0 Å². The summed E-state index contributed by atoms with van der Waals surface area (Å²) in [6, 6.07) is 1.80. The molecule has 1 amide bonds. The maximum absolute atomic E-state index is 11.8. The molecule has 1 atom stereocenters. The van der Waals surface area contributed by atoms with Crippen LogP contribution in [0.4, 0.5) is 0 Å². The topological polar surface area (TPSA) is 92.5 Å². The Morgan fingerprint density at radius 1 is 1.40 bits per heavy atom. The summed E-state index contributed by atoms with van der Waals surface area (Å²) in [5, 5.41) is 8.91. The number of amides is 1. The highest BCUT2D eigenvalue weighted by molar-refractivity contribution is 5.86. The highest BCUT2D eigenvalue weighted by Crippen LogP contribution is 2.17. The maximum Gasteiger partial charge on any atom is 0.348 e. The number of carboxylic acid groups (broad SMARTS) is 1. The molecule has 7 heteroatoms. The Kier molecular flexibility index (Phi) is 3.87. The SMILES string of the molecule is Cc1cc(C)n(CCN2C[C@@H](C(=O)O)CC2=O)c(=O)n1. The van der Waals surface area contributed by atoms with E-state index in [2.05, 4.69) is 4.98 Å². The Balaban J connectivity index is 2.05. The molecule has 0 bridgehead atoms. The van der Waals surface area contributed by atoms with E-state index in [0.29, 0.717) is 18.8 Å². The van der Waals surface area contributed by atoms with Crippen molar-refractivity contribution >= 4 is 11.9 Å². The van der Waals surface area contributed by atoms with Gasteiger partial charge in [-0.2, -0.15) is 4.98 Å². The van der Waals surface area contributed by atoms with E-state index < -0.39 is 11.9 Å². The zero-order valence-corrected chi connectivity index (χ0v) is 11.5. The Bertz CT molecular complexity index is 608. The third-order valence-electron chi connectivity index (χ3n) is 3.50. The first-order valence-electron chi connectivity index (χ1n) is 6.44. The molecule has 20 heavy (non-hydrogen) atoms. The van der Waals surface area contributed by atoms with Crippen molar-refractivity contribution < 1.29 is 14.7 Å². The van der Waals surface area contributed by atoms with Crippen LogP contribution < -0.4 is 5.69 Å². The second kappa shape index (κ2) is 5.44. The second-order valence-corrected chi connectivity index (χ2v) is 5.05. The van der Waals surface area contributed by atoms with Crippen LogP contribution >= 0.6 is 0 Å². The number of hydrogen-bond donors (Lipinski definition) is 1. The summed E-state index contributed by atoms with van der Waals surface area (Å²) in [7, 11) is 0. The molecule has 7 nitrogen and oxygen atoms in total. The molecule has 108 valence electrons. The summed E-state index contributed by atoms with van der Waals surface area (Å²) < 4.78 is 1.49. The van der Waals surface area contributed by atoms with E-state index >= 15 is 0 Å². The molecule has 0 unspecified atom stereocenters. The van der Waals surface area contributed by atoms with Crippen LogP contribution in [0.1, 0.15) is 17.8 Å². The Hall–Kier alpha value is -2.18. The first-order valence-corrected chi connectivity index (χ1v) is 6.44. The number of aliphatic carboxylic acids is 1. The predicted molar refractivity (Wildman–Crippen MR) is 70.3 cm³/mol. The van der Waals surface area contributed by atoms with Gasteiger partial charge in [0.15, 0.2) is 0 Å².